The van der Waals surface area contributed by atoms with Gasteiger partial charge in [0.25, 0.3) is 0 Å². The molecule has 7 nitrogen and oxygen atoms in total. The minimum absolute atomic E-state index is 0.00459. The summed E-state index contributed by atoms with van der Waals surface area (Å²) in [7, 11) is -2.94. The van der Waals surface area contributed by atoms with Gasteiger partial charge in [-0.1, -0.05) is 0 Å². The molecule has 112 valence electrons. The first-order chi connectivity index (χ1) is 9.94. The van der Waals surface area contributed by atoms with Crippen LogP contribution >= 0.6 is 0 Å². The maximum atomic E-state index is 13.2. The highest BCUT2D eigenvalue weighted by Gasteiger charge is 2.29. The number of nitrogens with two attached hydrogens (primary N) is 1. The molecule has 2 N–H and O–H groups in total. The average Bonchev–Trinajstić information content (AvgIpc) is 3.00. The fraction of sp³-hybridized carbons (Fsp3) is 0.417. The third kappa shape index (κ3) is 2.87. The van der Waals surface area contributed by atoms with Gasteiger partial charge in [0.2, 0.25) is 0 Å². The van der Waals surface area contributed by atoms with Gasteiger partial charge < -0.3 is 5.73 Å². The molecule has 1 aromatic heterocycles. The Balaban J connectivity index is 1.85. The molecule has 0 spiro atoms. The van der Waals surface area contributed by atoms with Crippen LogP contribution in [0, 0.1) is 11.7 Å². The van der Waals surface area contributed by atoms with Crippen LogP contribution in [0.3, 0.4) is 0 Å². The van der Waals surface area contributed by atoms with Crippen molar-refractivity contribution < 1.29 is 12.8 Å². The van der Waals surface area contributed by atoms with Crippen LogP contribution in [0.2, 0.25) is 0 Å². The number of sulfone groups is 1. The zero-order chi connectivity index (χ0) is 15.0. The maximum absolute atomic E-state index is 13.2. The number of tetrazole rings is 1. The van der Waals surface area contributed by atoms with Gasteiger partial charge in [-0.05, 0) is 41.0 Å². The number of nitrogen functional groups attached to an aromatic ring is 1. The van der Waals surface area contributed by atoms with E-state index in [9.17, 15) is 12.8 Å². The Bertz CT molecular complexity index is 774. The van der Waals surface area contributed by atoms with Crippen molar-refractivity contribution in [3.63, 3.8) is 0 Å². The van der Waals surface area contributed by atoms with Crippen LogP contribution in [-0.2, 0) is 16.4 Å². The molecule has 1 aliphatic heterocycles. The summed E-state index contributed by atoms with van der Waals surface area (Å²) in [5, 5.41) is 11.4. The number of rotatable bonds is 3. The Hall–Kier alpha value is -2.03. The molecule has 21 heavy (non-hydrogen) atoms. The summed E-state index contributed by atoms with van der Waals surface area (Å²) in [4.78, 5) is 0. The van der Waals surface area contributed by atoms with Gasteiger partial charge in [-0.3, -0.25) is 0 Å². The molecule has 3 rings (SSSR count). The lowest BCUT2D eigenvalue weighted by atomic mass is 10.1. The van der Waals surface area contributed by atoms with Crippen molar-refractivity contribution in [3.8, 4) is 11.4 Å². The summed E-state index contributed by atoms with van der Waals surface area (Å²) in [6, 6.07) is 4.26. The average molecular weight is 311 g/mol. The second-order valence-electron chi connectivity index (χ2n) is 5.19. The molecule has 1 atom stereocenters. The second kappa shape index (κ2) is 5.06. The van der Waals surface area contributed by atoms with E-state index in [0.29, 0.717) is 24.4 Å². The van der Waals surface area contributed by atoms with Gasteiger partial charge >= 0.3 is 0 Å². The van der Waals surface area contributed by atoms with Crippen LogP contribution in [0.5, 0.6) is 0 Å². The number of anilines is 1. The summed E-state index contributed by atoms with van der Waals surface area (Å²) in [6.45, 7) is 0.416. The predicted molar refractivity (Wildman–Crippen MR) is 74.4 cm³/mol. The fourth-order valence-corrected chi connectivity index (χ4v) is 4.33. The van der Waals surface area contributed by atoms with Crippen molar-refractivity contribution in [2.24, 2.45) is 5.92 Å². The number of benzene rings is 1. The van der Waals surface area contributed by atoms with E-state index < -0.39 is 15.7 Å². The smallest absolute Gasteiger partial charge is 0.182 e. The van der Waals surface area contributed by atoms with E-state index in [4.69, 9.17) is 5.73 Å². The van der Waals surface area contributed by atoms with Crippen molar-refractivity contribution in [2.75, 3.05) is 17.2 Å². The Labute approximate surface area is 120 Å². The largest absolute Gasteiger partial charge is 0.396 e. The monoisotopic (exact) mass is 311 g/mol. The van der Waals surface area contributed by atoms with Crippen molar-refractivity contribution in [1.82, 2.24) is 20.2 Å². The third-order valence-corrected chi connectivity index (χ3v) is 5.38. The number of aromatic nitrogens is 4. The highest BCUT2D eigenvalue weighted by atomic mass is 32.2. The number of hydrogen-bond acceptors (Lipinski definition) is 6. The first-order valence-corrected chi connectivity index (χ1v) is 8.29. The molecule has 1 unspecified atom stereocenters. The summed E-state index contributed by atoms with van der Waals surface area (Å²) < 4.78 is 37.7. The molecule has 1 saturated heterocycles. The van der Waals surface area contributed by atoms with Crippen LogP contribution in [0.15, 0.2) is 18.2 Å². The van der Waals surface area contributed by atoms with Gasteiger partial charge in [0.15, 0.2) is 15.7 Å². The Morgan fingerprint density at radius 3 is 2.90 bits per heavy atom. The van der Waals surface area contributed by atoms with Crippen LogP contribution in [0.1, 0.15) is 6.42 Å². The maximum Gasteiger partial charge on any atom is 0.182 e. The van der Waals surface area contributed by atoms with E-state index in [2.05, 4.69) is 15.5 Å². The highest BCUT2D eigenvalue weighted by molar-refractivity contribution is 7.91. The zero-order valence-electron chi connectivity index (χ0n) is 11.1. The highest BCUT2D eigenvalue weighted by Crippen LogP contribution is 2.24. The Morgan fingerprint density at radius 2 is 2.24 bits per heavy atom. The van der Waals surface area contributed by atoms with E-state index in [0.717, 1.165) is 0 Å². The topological polar surface area (TPSA) is 104 Å². The molecule has 9 heteroatoms. The van der Waals surface area contributed by atoms with Gasteiger partial charge in [0.1, 0.15) is 5.82 Å². The van der Waals surface area contributed by atoms with Gasteiger partial charge in [0, 0.05) is 12.1 Å². The lowest BCUT2D eigenvalue weighted by Crippen LogP contribution is -2.14. The SMILES string of the molecule is Nc1cc(-c2nnnn2CC2CCS(=O)(=O)C2)ccc1F. The van der Waals surface area contributed by atoms with Gasteiger partial charge in [-0.15, -0.1) is 5.10 Å². The molecule has 0 bridgehead atoms. The number of hydrogen-bond donors (Lipinski definition) is 1. The first kappa shape index (κ1) is 13.9. The van der Waals surface area contributed by atoms with E-state index in [1.54, 1.807) is 6.07 Å². The van der Waals surface area contributed by atoms with E-state index in [1.807, 2.05) is 0 Å². The molecular weight excluding hydrogens is 297 g/mol. The summed E-state index contributed by atoms with van der Waals surface area (Å²) in [5.74, 6) is 0.303. The number of nitrogens with zero attached hydrogens (tertiary/aromatic N) is 4. The lowest BCUT2D eigenvalue weighted by molar-refractivity contribution is 0.452. The van der Waals surface area contributed by atoms with Gasteiger partial charge in [0.05, 0.1) is 17.2 Å². The van der Waals surface area contributed by atoms with E-state index >= 15 is 0 Å². The van der Waals surface area contributed by atoms with Crippen LogP contribution in [0.4, 0.5) is 10.1 Å². The molecule has 0 aliphatic carbocycles. The standard InChI is InChI=1S/C12H14FN5O2S/c13-10-2-1-9(5-11(10)14)12-15-16-17-18(12)6-8-3-4-21(19,20)7-8/h1-2,5,8H,3-4,6-7,14H2. The zero-order valence-corrected chi connectivity index (χ0v) is 11.9. The fourth-order valence-electron chi connectivity index (χ4n) is 2.48. The van der Waals surface area contributed by atoms with Crippen molar-refractivity contribution >= 4 is 15.5 Å². The normalized spacial score (nSPS) is 20.7. The van der Waals surface area contributed by atoms with Crippen molar-refractivity contribution in [2.45, 2.75) is 13.0 Å². The first-order valence-electron chi connectivity index (χ1n) is 6.46. The molecule has 2 heterocycles. The minimum atomic E-state index is -2.94. The molecule has 1 aliphatic rings. The molecular formula is C12H14FN5O2S. The predicted octanol–water partition coefficient (Wildman–Crippen LogP) is 0.496. The third-order valence-electron chi connectivity index (χ3n) is 3.54. The lowest BCUT2D eigenvalue weighted by Gasteiger charge is -2.09. The summed E-state index contributed by atoms with van der Waals surface area (Å²) in [5.41, 5.74) is 6.16. The van der Waals surface area contributed by atoms with Crippen LogP contribution in [0.25, 0.3) is 11.4 Å². The molecule has 1 aromatic carbocycles. The Morgan fingerprint density at radius 1 is 1.43 bits per heavy atom. The molecule has 0 saturated carbocycles. The van der Waals surface area contributed by atoms with Gasteiger partial charge in [-0.25, -0.2) is 17.5 Å². The number of halogens is 1. The van der Waals surface area contributed by atoms with Gasteiger partial charge in [-0.2, -0.15) is 0 Å². The van der Waals surface area contributed by atoms with E-state index in [-0.39, 0.29) is 23.1 Å². The molecule has 1 fully saturated rings. The Kier molecular flexibility index (Phi) is 3.36. The minimum Gasteiger partial charge on any atom is -0.396 e. The van der Waals surface area contributed by atoms with Crippen LogP contribution < -0.4 is 5.73 Å². The van der Waals surface area contributed by atoms with Crippen molar-refractivity contribution in [1.29, 1.82) is 0 Å². The quantitative estimate of drug-likeness (QED) is 0.828. The molecule has 0 amide bonds. The van der Waals surface area contributed by atoms with Crippen LogP contribution in [-0.4, -0.2) is 40.1 Å². The summed E-state index contributed by atoms with van der Waals surface area (Å²) >= 11 is 0. The molecule has 2 aromatic rings. The second-order valence-corrected chi connectivity index (χ2v) is 7.42. The van der Waals surface area contributed by atoms with E-state index in [1.165, 1.54) is 16.8 Å². The summed E-state index contributed by atoms with van der Waals surface area (Å²) in [6.07, 6.45) is 0.604. The van der Waals surface area contributed by atoms with Crippen molar-refractivity contribution in [3.05, 3.63) is 24.0 Å². The molecule has 0 radical (unpaired) electrons.